The lowest BCUT2D eigenvalue weighted by molar-refractivity contribution is -0.117. The molecule has 2 atom stereocenters. The quantitative estimate of drug-likeness (QED) is 0.653. The molecular weight excluding hydrogens is 405 g/mol. The van der Waals surface area contributed by atoms with Gasteiger partial charge < -0.3 is 11.1 Å². The third-order valence-corrected chi connectivity index (χ3v) is 5.21. The summed E-state index contributed by atoms with van der Waals surface area (Å²) in [5, 5.41) is 7.33. The molecule has 0 aliphatic carbocycles. The summed E-state index contributed by atoms with van der Waals surface area (Å²) < 4.78 is 14.8. The van der Waals surface area contributed by atoms with Gasteiger partial charge in [-0.1, -0.05) is 30.3 Å². The molecule has 1 aliphatic rings. The van der Waals surface area contributed by atoms with Gasteiger partial charge in [-0.05, 0) is 36.8 Å². The van der Waals surface area contributed by atoms with Gasteiger partial charge in [-0.25, -0.2) is 9.07 Å². The molecule has 158 valence electrons. The first kappa shape index (κ1) is 22.0. The number of likely N-dealkylation sites (tertiary alicyclic amines) is 1. The number of rotatable bonds is 5. The van der Waals surface area contributed by atoms with Crippen LogP contribution < -0.4 is 11.1 Å². The van der Waals surface area contributed by atoms with Crippen LogP contribution >= 0.6 is 12.4 Å². The van der Waals surface area contributed by atoms with E-state index < -0.39 is 0 Å². The standard InChI is InChI=1S/C22H24FN5O.ClH/c1-15-11-21(28(26-15)18-9-7-17(23)8-10-18)25-22(29)14-27-12-19(20(24)13-27)16-5-3-2-4-6-16;/h2-11,19-20H,12-14,24H2,1H3,(H,25,29);1H/t19-,20+;/m0./s1. The minimum atomic E-state index is -0.318. The summed E-state index contributed by atoms with van der Waals surface area (Å²) in [4.78, 5) is 14.7. The molecule has 0 saturated carbocycles. The summed E-state index contributed by atoms with van der Waals surface area (Å²) in [7, 11) is 0. The Bertz CT molecular complexity index is 993. The number of hydrogen-bond donors (Lipinski definition) is 2. The summed E-state index contributed by atoms with van der Waals surface area (Å²) >= 11 is 0. The van der Waals surface area contributed by atoms with Crippen LogP contribution in [-0.4, -0.2) is 46.3 Å². The second-order valence-corrected chi connectivity index (χ2v) is 7.48. The molecule has 30 heavy (non-hydrogen) atoms. The van der Waals surface area contributed by atoms with Gasteiger partial charge in [0, 0.05) is 31.1 Å². The first-order valence-corrected chi connectivity index (χ1v) is 9.65. The minimum absolute atomic E-state index is 0. The number of amides is 1. The molecular formula is C22H25ClFN5O. The number of aromatic nitrogens is 2. The fourth-order valence-corrected chi connectivity index (χ4v) is 3.85. The predicted molar refractivity (Wildman–Crippen MR) is 118 cm³/mol. The van der Waals surface area contributed by atoms with E-state index in [1.54, 1.807) is 22.9 Å². The van der Waals surface area contributed by atoms with Gasteiger partial charge in [0.05, 0.1) is 17.9 Å². The lowest BCUT2D eigenvalue weighted by Gasteiger charge is -2.16. The molecule has 0 bridgehead atoms. The molecule has 0 spiro atoms. The van der Waals surface area contributed by atoms with E-state index in [1.807, 2.05) is 25.1 Å². The third kappa shape index (κ3) is 4.87. The summed E-state index contributed by atoms with van der Waals surface area (Å²) in [6.45, 7) is 3.52. The number of halogens is 2. The van der Waals surface area contributed by atoms with Crippen LogP contribution in [0, 0.1) is 12.7 Å². The number of carbonyl (C=O) groups excluding carboxylic acids is 1. The molecule has 3 N–H and O–H groups in total. The number of benzene rings is 2. The number of hydrogen-bond acceptors (Lipinski definition) is 4. The zero-order valence-corrected chi connectivity index (χ0v) is 17.5. The SMILES string of the molecule is Cc1cc(NC(=O)CN2C[C@@H](N)[C@H](c3ccccc3)C2)n(-c2ccc(F)cc2)n1.Cl. The smallest absolute Gasteiger partial charge is 0.239 e. The lowest BCUT2D eigenvalue weighted by Crippen LogP contribution is -2.34. The van der Waals surface area contributed by atoms with Crippen LogP contribution in [0.2, 0.25) is 0 Å². The van der Waals surface area contributed by atoms with Crippen molar-refractivity contribution in [2.75, 3.05) is 25.0 Å². The Morgan fingerprint density at radius 3 is 2.57 bits per heavy atom. The Kier molecular flexibility index (Phi) is 6.87. The van der Waals surface area contributed by atoms with Crippen LogP contribution in [-0.2, 0) is 4.79 Å². The largest absolute Gasteiger partial charge is 0.326 e. The van der Waals surface area contributed by atoms with Crippen LogP contribution in [0.15, 0.2) is 60.7 Å². The molecule has 1 fully saturated rings. The highest BCUT2D eigenvalue weighted by Gasteiger charge is 2.32. The average molecular weight is 430 g/mol. The molecule has 0 radical (unpaired) electrons. The second kappa shape index (κ2) is 9.38. The van der Waals surface area contributed by atoms with Crippen molar-refractivity contribution in [2.45, 2.75) is 18.9 Å². The van der Waals surface area contributed by atoms with Crippen molar-refractivity contribution in [1.29, 1.82) is 0 Å². The highest BCUT2D eigenvalue weighted by atomic mass is 35.5. The molecule has 2 heterocycles. The third-order valence-electron chi connectivity index (χ3n) is 5.21. The molecule has 0 unspecified atom stereocenters. The average Bonchev–Trinajstić information content (AvgIpc) is 3.25. The fourth-order valence-electron chi connectivity index (χ4n) is 3.85. The maximum absolute atomic E-state index is 13.2. The fraction of sp³-hybridized carbons (Fsp3) is 0.273. The van der Waals surface area contributed by atoms with Crippen molar-refractivity contribution < 1.29 is 9.18 Å². The van der Waals surface area contributed by atoms with Crippen LogP contribution in [0.4, 0.5) is 10.2 Å². The Balaban J connectivity index is 0.00000256. The Hall–Kier alpha value is -2.74. The summed E-state index contributed by atoms with van der Waals surface area (Å²) in [5.74, 6) is 0.328. The van der Waals surface area contributed by atoms with Crippen molar-refractivity contribution >= 4 is 24.1 Å². The van der Waals surface area contributed by atoms with Gasteiger partial charge in [0.2, 0.25) is 5.91 Å². The maximum Gasteiger partial charge on any atom is 0.239 e. The van der Waals surface area contributed by atoms with E-state index in [4.69, 9.17) is 5.73 Å². The Morgan fingerprint density at radius 1 is 1.17 bits per heavy atom. The summed E-state index contributed by atoms with van der Waals surface area (Å²) in [6.07, 6.45) is 0. The molecule has 6 nitrogen and oxygen atoms in total. The van der Waals surface area contributed by atoms with Gasteiger partial charge in [0.15, 0.2) is 0 Å². The summed E-state index contributed by atoms with van der Waals surface area (Å²) in [5.41, 5.74) is 8.97. The lowest BCUT2D eigenvalue weighted by atomic mass is 9.95. The Labute approximate surface area is 181 Å². The number of nitrogens with one attached hydrogen (secondary N) is 1. The van der Waals surface area contributed by atoms with E-state index in [2.05, 4.69) is 27.4 Å². The highest BCUT2D eigenvalue weighted by molar-refractivity contribution is 5.91. The number of carbonyl (C=O) groups is 1. The molecule has 4 rings (SSSR count). The number of nitrogens with zero attached hydrogens (tertiary/aromatic N) is 3. The van der Waals surface area contributed by atoms with E-state index in [-0.39, 0.29) is 42.6 Å². The van der Waals surface area contributed by atoms with Gasteiger partial charge >= 0.3 is 0 Å². The van der Waals surface area contributed by atoms with Gasteiger partial charge in [-0.3, -0.25) is 9.69 Å². The molecule has 1 amide bonds. The van der Waals surface area contributed by atoms with Gasteiger partial charge in [0.25, 0.3) is 0 Å². The second-order valence-electron chi connectivity index (χ2n) is 7.48. The molecule has 8 heteroatoms. The van der Waals surface area contributed by atoms with E-state index in [0.717, 1.165) is 12.2 Å². The normalized spacial score (nSPS) is 18.8. The topological polar surface area (TPSA) is 76.2 Å². The van der Waals surface area contributed by atoms with Crippen molar-refractivity contribution in [3.63, 3.8) is 0 Å². The molecule has 3 aromatic rings. The first-order chi connectivity index (χ1) is 14.0. The Morgan fingerprint density at radius 2 is 1.87 bits per heavy atom. The number of nitrogens with two attached hydrogens (primary N) is 1. The van der Waals surface area contributed by atoms with Crippen molar-refractivity contribution in [2.24, 2.45) is 5.73 Å². The van der Waals surface area contributed by atoms with Crippen LogP contribution in [0.1, 0.15) is 17.2 Å². The maximum atomic E-state index is 13.2. The minimum Gasteiger partial charge on any atom is -0.326 e. The highest BCUT2D eigenvalue weighted by Crippen LogP contribution is 2.26. The molecule has 2 aromatic carbocycles. The van der Waals surface area contributed by atoms with E-state index >= 15 is 0 Å². The first-order valence-electron chi connectivity index (χ1n) is 9.65. The zero-order valence-electron chi connectivity index (χ0n) is 16.7. The van der Waals surface area contributed by atoms with Crippen molar-refractivity contribution in [3.8, 4) is 5.69 Å². The van der Waals surface area contributed by atoms with Crippen LogP contribution in [0.25, 0.3) is 5.69 Å². The van der Waals surface area contributed by atoms with E-state index in [1.165, 1.54) is 17.7 Å². The molecule has 1 saturated heterocycles. The van der Waals surface area contributed by atoms with Crippen LogP contribution in [0.3, 0.4) is 0 Å². The summed E-state index contributed by atoms with van der Waals surface area (Å²) in [6, 6.07) is 18.0. The van der Waals surface area contributed by atoms with Crippen molar-refractivity contribution in [3.05, 3.63) is 77.7 Å². The van der Waals surface area contributed by atoms with E-state index in [9.17, 15) is 9.18 Å². The van der Waals surface area contributed by atoms with Gasteiger partial charge in [-0.15, -0.1) is 12.4 Å². The van der Waals surface area contributed by atoms with Gasteiger partial charge in [0.1, 0.15) is 11.6 Å². The monoisotopic (exact) mass is 429 g/mol. The number of aryl methyl sites for hydroxylation is 1. The van der Waals surface area contributed by atoms with E-state index in [0.29, 0.717) is 18.1 Å². The molecule has 1 aromatic heterocycles. The van der Waals surface area contributed by atoms with Crippen molar-refractivity contribution in [1.82, 2.24) is 14.7 Å². The van der Waals surface area contributed by atoms with Gasteiger partial charge in [-0.2, -0.15) is 5.10 Å². The number of anilines is 1. The van der Waals surface area contributed by atoms with Crippen LogP contribution in [0.5, 0.6) is 0 Å². The zero-order chi connectivity index (χ0) is 20.4. The predicted octanol–water partition coefficient (Wildman–Crippen LogP) is 3.11. The molecule has 1 aliphatic heterocycles.